The fraction of sp³-hybridized carbons (Fsp3) is 0.222. The Labute approximate surface area is 150 Å². The van der Waals surface area contributed by atoms with Crippen molar-refractivity contribution in [2.75, 3.05) is 0 Å². The van der Waals surface area contributed by atoms with Gasteiger partial charge in [-0.3, -0.25) is 4.79 Å². The van der Waals surface area contributed by atoms with Gasteiger partial charge in [0.15, 0.2) is 10.6 Å². The van der Waals surface area contributed by atoms with E-state index in [1.807, 2.05) is 60.7 Å². The molecule has 2 aromatic carbocycles. The van der Waals surface area contributed by atoms with Crippen LogP contribution in [-0.2, 0) is 22.6 Å². The molecule has 0 aliphatic rings. The van der Waals surface area contributed by atoms with Gasteiger partial charge in [0.2, 0.25) is 0 Å². The topological polar surface area (TPSA) is 55.4 Å². The fourth-order valence-corrected chi connectivity index (χ4v) is 2.44. The first-order valence-electron chi connectivity index (χ1n) is 7.39. The van der Waals surface area contributed by atoms with Crippen LogP contribution in [0.2, 0.25) is 0 Å². The van der Waals surface area contributed by atoms with Gasteiger partial charge in [0.25, 0.3) is 0 Å². The van der Waals surface area contributed by atoms with Gasteiger partial charge < -0.3 is 10.1 Å². The van der Waals surface area contributed by atoms with Crippen molar-refractivity contribution in [2.45, 2.75) is 23.9 Å². The third-order valence-corrected chi connectivity index (χ3v) is 3.78. The number of rotatable bonds is 7. The zero-order chi connectivity index (χ0) is 17.4. The summed E-state index contributed by atoms with van der Waals surface area (Å²) in [5.41, 5.74) is 1.74. The van der Waals surface area contributed by atoms with Crippen LogP contribution in [0, 0.1) is 0 Å². The molecular formula is C18H17Cl2NO3. The maximum absolute atomic E-state index is 12.1. The Kier molecular flexibility index (Phi) is 7.09. The number of benzene rings is 2. The summed E-state index contributed by atoms with van der Waals surface area (Å²) in [5, 5.41) is 2.54. The van der Waals surface area contributed by atoms with Crippen LogP contribution in [0.5, 0.6) is 0 Å². The third-order valence-electron chi connectivity index (χ3n) is 3.35. The van der Waals surface area contributed by atoms with Gasteiger partial charge in [-0.2, -0.15) is 0 Å². The van der Waals surface area contributed by atoms with Gasteiger partial charge in [-0.05, 0) is 17.5 Å². The minimum absolute atomic E-state index is 0.115. The highest BCUT2D eigenvalue weighted by Gasteiger charge is 2.26. The Balaban J connectivity index is 1.96. The van der Waals surface area contributed by atoms with E-state index in [0.717, 1.165) is 11.1 Å². The SMILES string of the molecule is O=C(N[C@H](Cc1ccccc1)C(=O)C(Cl)Cl)OCc1ccccc1. The van der Waals surface area contributed by atoms with Crippen LogP contribution in [0.4, 0.5) is 4.79 Å². The lowest BCUT2D eigenvalue weighted by Gasteiger charge is -2.18. The molecule has 0 aromatic heterocycles. The van der Waals surface area contributed by atoms with E-state index in [9.17, 15) is 9.59 Å². The molecule has 0 aliphatic carbocycles. The number of ether oxygens (including phenoxy) is 1. The number of carbonyl (C=O) groups is 2. The van der Waals surface area contributed by atoms with Gasteiger partial charge in [-0.25, -0.2) is 4.79 Å². The lowest BCUT2D eigenvalue weighted by molar-refractivity contribution is -0.119. The summed E-state index contributed by atoms with van der Waals surface area (Å²) in [7, 11) is 0. The van der Waals surface area contributed by atoms with E-state index in [1.165, 1.54) is 0 Å². The van der Waals surface area contributed by atoms with Crippen molar-refractivity contribution in [3.8, 4) is 0 Å². The van der Waals surface area contributed by atoms with E-state index in [-0.39, 0.29) is 13.0 Å². The van der Waals surface area contributed by atoms with Crippen molar-refractivity contribution in [3.05, 3.63) is 71.8 Å². The Bertz CT molecular complexity index is 662. The second-order valence-corrected chi connectivity index (χ2v) is 6.25. The first kappa shape index (κ1) is 18.3. The van der Waals surface area contributed by atoms with Gasteiger partial charge in [0.1, 0.15) is 6.61 Å². The molecule has 0 bridgehead atoms. The maximum Gasteiger partial charge on any atom is 0.408 e. The predicted molar refractivity (Wildman–Crippen MR) is 94.2 cm³/mol. The number of hydrogen-bond donors (Lipinski definition) is 1. The second kappa shape index (κ2) is 9.30. The van der Waals surface area contributed by atoms with Crippen LogP contribution in [0.3, 0.4) is 0 Å². The number of Topliss-reactive ketones (excluding diaryl/α,β-unsaturated/α-hetero) is 1. The quantitative estimate of drug-likeness (QED) is 0.757. The normalized spacial score (nSPS) is 11.8. The predicted octanol–water partition coefficient (Wildman–Crippen LogP) is 3.90. The van der Waals surface area contributed by atoms with Gasteiger partial charge in [0, 0.05) is 0 Å². The van der Waals surface area contributed by atoms with E-state index in [2.05, 4.69) is 5.32 Å². The molecule has 1 atom stereocenters. The Morgan fingerprint density at radius 2 is 1.46 bits per heavy atom. The third kappa shape index (κ3) is 5.87. The monoisotopic (exact) mass is 365 g/mol. The molecule has 6 heteroatoms. The number of amides is 1. The van der Waals surface area contributed by atoms with Crippen molar-refractivity contribution >= 4 is 35.1 Å². The van der Waals surface area contributed by atoms with Crippen molar-refractivity contribution < 1.29 is 14.3 Å². The Morgan fingerprint density at radius 1 is 0.917 bits per heavy atom. The van der Waals surface area contributed by atoms with Gasteiger partial charge in [-0.1, -0.05) is 83.9 Å². The van der Waals surface area contributed by atoms with Gasteiger partial charge in [0.05, 0.1) is 6.04 Å². The van der Waals surface area contributed by atoms with Crippen molar-refractivity contribution in [1.82, 2.24) is 5.32 Å². The molecule has 2 rings (SSSR count). The molecule has 1 amide bonds. The molecule has 0 saturated heterocycles. The molecular weight excluding hydrogens is 349 g/mol. The highest BCUT2D eigenvalue weighted by Crippen LogP contribution is 2.11. The average molecular weight is 366 g/mol. The number of alkyl carbamates (subject to hydrolysis) is 1. The van der Waals surface area contributed by atoms with Crippen LogP contribution in [0.1, 0.15) is 11.1 Å². The molecule has 0 heterocycles. The van der Waals surface area contributed by atoms with Gasteiger partial charge in [-0.15, -0.1) is 0 Å². The standard InChI is InChI=1S/C18H17Cl2NO3/c19-17(20)16(22)15(11-13-7-3-1-4-8-13)21-18(23)24-12-14-9-5-2-6-10-14/h1-10,15,17H,11-12H2,(H,21,23)/t15-/m1/s1. The second-order valence-electron chi connectivity index (χ2n) is 5.15. The fourth-order valence-electron chi connectivity index (χ4n) is 2.13. The van der Waals surface area contributed by atoms with Crippen molar-refractivity contribution in [1.29, 1.82) is 0 Å². The number of nitrogens with one attached hydrogen (secondary N) is 1. The summed E-state index contributed by atoms with van der Waals surface area (Å²) in [4.78, 5) is 22.9. The average Bonchev–Trinajstić information content (AvgIpc) is 2.60. The summed E-state index contributed by atoms with van der Waals surface area (Å²) in [6.07, 6.45) is -0.405. The molecule has 0 aliphatic heterocycles. The first-order chi connectivity index (χ1) is 11.6. The Hall–Kier alpha value is -2.04. The number of hydrogen-bond acceptors (Lipinski definition) is 3. The minimum atomic E-state index is -1.21. The summed E-state index contributed by atoms with van der Waals surface area (Å²) < 4.78 is 5.14. The Morgan fingerprint density at radius 3 is 2.00 bits per heavy atom. The lowest BCUT2D eigenvalue weighted by atomic mass is 10.0. The molecule has 0 saturated carbocycles. The smallest absolute Gasteiger partial charge is 0.408 e. The van der Waals surface area contributed by atoms with Crippen molar-refractivity contribution in [3.63, 3.8) is 0 Å². The van der Waals surface area contributed by atoms with E-state index < -0.39 is 22.8 Å². The van der Waals surface area contributed by atoms with Gasteiger partial charge >= 0.3 is 6.09 Å². The summed E-state index contributed by atoms with van der Waals surface area (Å²) >= 11 is 11.3. The highest BCUT2D eigenvalue weighted by atomic mass is 35.5. The summed E-state index contributed by atoms with van der Waals surface area (Å²) in [6.45, 7) is 0.115. The van der Waals surface area contributed by atoms with E-state index >= 15 is 0 Å². The molecule has 0 unspecified atom stereocenters. The number of carbonyl (C=O) groups excluding carboxylic acids is 2. The summed E-state index contributed by atoms with van der Waals surface area (Å²) in [5.74, 6) is -0.473. The molecule has 0 fully saturated rings. The molecule has 2 aromatic rings. The van der Waals surface area contributed by atoms with Crippen LogP contribution in [-0.4, -0.2) is 22.8 Å². The maximum atomic E-state index is 12.1. The van der Waals surface area contributed by atoms with Crippen LogP contribution < -0.4 is 5.32 Å². The molecule has 24 heavy (non-hydrogen) atoms. The number of alkyl halides is 2. The van der Waals surface area contributed by atoms with E-state index in [0.29, 0.717) is 0 Å². The lowest BCUT2D eigenvalue weighted by Crippen LogP contribution is -2.44. The van der Waals surface area contributed by atoms with Crippen LogP contribution >= 0.6 is 23.2 Å². The summed E-state index contributed by atoms with van der Waals surface area (Å²) in [6, 6.07) is 17.7. The van der Waals surface area contributed by atoms with E-state index in [4.69, 9.17) is 27.9 Å². The van der Waals surface area contributed by atoms with E-state index in [1.54, 1.807) is 0 Å². The molecule has 126 valence electrons. The zero-order valence-corrected chi connectivity index (χ0v) is 14.3. The van der Waals surface area contributed by atoms with Crippen LogP contribution in [0.15, 0.2) is 60.7 Å². The molecule has 4 nitrogen and oxygen atoms in total. The highest BCUT2D eigenvalue weighted by molar-refractivity contribution is 6.54. The van der Waals surface area contributed by atoms with Crippen LogP contribution in [0.25, 0.3) is 0 Å². The molecule has 1 N–H and O–H groups in total. The number of halogens is 2. The molecule has 0 radical (unpaired) electrons. The number of ketones is 1. The minimum Gasteiger partial charge on any atom is -0.445 e. The van der Waals surface area contributed by atoms with Crippen molar-refractivity contribution in [2.24, 2.45) is 0 Å². The largest absolute Gasteiger partial charge is 0.445 e. The first-order valence-corrected chi connectivity index (χ1v) is 8.26. The zero-order valence-electron chi connectivity index (χ0n) is 12.8. The molecule has 0 spiro atoms.